The van der Waals surface area contributed by atoms with Crippen molar-refractivity contribution in [3.05, 3.63) is 95.3 Å². The summed E-state index contributed by atoms with van der Waals surface area (Å²) in [4.78, 5) is 22.3. The average Bonchev–Trinajstić information content (AvgIpc) is 3.36. The number of hydrogen-bond donors (Lipinski definition) is 0. The Morgan fingerprint density at radius 1 is 0.933 bits per heavy atom. The van der Waals surface area contributed by atoms with Crippen LogP contribution in [0.4, 0.5) is 0 Å². The average molecular weight is 576 g/mol. The number of aromatic nitrogens is 4. The summed E-state index contributed by atoms with van der Waals surface area (Å²) in [6.45, 7) is 1.94. The summed E-state index contributed by atoms with van der Waals surface area (Å²) in [7, 11) is 0. The molecule has 5 rings (SSSR count). The maximum Gasteiger partial charge on any atom is 2.00 e. The molecule has 0 aromatic carbocycles. The third-order valence-electron chi connectivity index (χ3n) is 5.41. The van der Waals surface area contributed by atoms with Gasteiger partial charge in [-0.1, -0.05) is 73.5 Å². The molecule has 0 aliphatic heterocycles. The third kappa shape index (κ3) is 3.59. The molecule has 152 valence electrons. The monoisotopic (exact) mass is 575 g/mol. The molecule has 5 nitrogen and oxygen atoms in total. The van der Waals surface area contributed by atoms with E-state index in [0.29, 0.717) is 11.1 Å². The summed E-state index contributed by atoms with van der Waals surface area (Å²) in [6.07, 6.45) is 16.0. The van der Waals surface area contributed by atoms with Crippen LogP contribution in [-0.2, 0) is 33.9 Å². The number of rotatable bonds is 4. The topological polar surface area (TPSA) is 52.7 Å². The van der Waals surface area contributed by atoms with Gasteiger partial charge in [-0.2, -0.15) is 0 Å². The summed E-state index contributed by atoms with van der Waals surface area (Å²) in [5.74, 6) is 1.51. The van der Waals surface area contributed by atoms with Crippen molar-refractivity contribution in [1.82, 2.24) is 19.1 Å². The molecule has 4 aromatic heterocycles. The van der Waals surface area contributed by atoms with Crippen molar-refractivity contribution in [2.24, 2.45) is 0 Å². The number of nitrogens with zero attached hydrogens (tertiary/aromatic N) is 4. The first kappa shape index (κ1) is 20.5. The Balaban J connectivity index is 0.00000218. The summed E-state index contributed by atoms with van der Waals surface area (Å²) in [6, 6.07) is 11.5. The molecule has 0 N–H and O–H groups in total. The van der Waals surface area contributed by atoms with Gasteiger partial charge in [0.1, 0.15) is 5.78 Å². The van der Waals surface area contributed by atoms with E-state index < -0.39 is 0 Å². The van der Waals surface area contributed by atoms with Crippen LogP contribution in [0.3, 0.4) is 0 Å². The maximum absolute atomic E-state index is 13.5. The molecule has 1 aliphatic carbocycles. The van der Waals surface area contributed by atoms with Crippen LogP contribution in [0.5, 0.6) is 0 Å². The van der Waals surface area contributed by atoms with Gasteiger partial charge in [0, 0.05) is 12.4 Å². The van der Waals surface area contributed by atoms with Gasteiger partial charge >= 0.3 is 21.1 Å². The van der Waals surface area contributed by atoms with E-state index in [2.05, 4.69) is 22.4 Å². The number of carbonyl (C=O) groups is 1. The molecule has 0 spiro atoms. The third-order valence-corrected chi connectivity index (χ3v) is 5.41. The fourth-order valence-corrected chi connectivity index (χ4v) is 4.00. The van der Waals surface area contributed by atoms with E-state index >= 15 is 0 Å². The van der Waals surface area contributed by atoms with Crippen LogP contribution in [0.1, 0.15) is 45.6 Å². The Labute approximate surface area is 190 Å². The fraction of sp³-hybridized carbons (Fsp3) is 0.208. The van der Waals surface area contributed by atoms with Crippen molar-refractivity contribution >= 4 is 5.78 Å². The van der Waals surface area contributed by atoms with Gasteiger partial charge in [0.2, 0.25) is 0 Å². The van der Waals surface area contributed by atoms with Crippen molar-refractivity contribution in [2.75, 3.05) is 0 Å². The van der Waals surface area contributed by atoms with E-state index in [-0.39, 0.29) is 26.8 Å². The molecule has 30 heavy (non-hydrogen) atoms. The van der Waals surface area contributed by atoms with Crippen molar-refractivity contribution in [2.45, 2.75) is 32.6 Å². The van der Waals surface area contributed by atoms with Crippen LogP contribution in [0.25, 0.3) is 11.6 Å². The van der Waals surface area contributed by atoms with E-state index in [1.807, 2.05) is 54.1 Å². The minimum Gasteiger partial charge on any atom is -0.408 e. The molecule has 0 amide bonds. The number of carbonyl (C=O) groups excluding carboxylic acids is 1. The van der Waals surface area contributed by atoms with Crippen LogP contribution in [0.15, 0.2) is 55.0 Å². The molecule has 0 fully saturated rings. The zero-order valence-corrected chi connectivity index (χ0v) is 18.8. The van der Waals surface area contributed by atoms with Crippen molar-refractivity contribution in [1.29, 1.82) is 0 Å². The Bertz CT molecular complexity index is 1180. The molecule has 1 aliphatic rings. The van der Waals surface area contributed by atoms with Gasteiger partial charge in [0.05, 0.1) is 11.6 Å². The van der Waals surface area contributed by atoms with Crippen LogP contribution in [0.2, 0.25) is 0 Å². The quantitative estimate of drug-likeness (QED) is 0.273. The standard InChI is InChI=1S/C24H20N4O.Pt/c1-17-14-27(22-10-4-6-12-25-22)15-19(17)24(29)20-16-28(23-11-5-7-13-26-23)21-9-3-2-8-18(20)21;/h4-7,10-14H,2-3,8-9H2,1H3;/q-2;+2. The Morgan fingerprint density at radius 3 is 2.33 bits per heavy atom. The van der Waals surface area contributed by atoms with Crippen molar-refractivity contribution < 1.29 is 25.9 Å². The Hall–Kier alpha value is -2.78. The Morgan fingerprint density at radius 2 is 1.63 bits per heavy atom. The summed E-state index contributed by atoms with van der Waals surface area (Å²) in [5.41, 5.74) is 4.34. The maximum atomic E-state index is 13.5. The predicted octanol–water partition coefficient (Wildman–Crippen LogP) is 4.07. The summed E-state index contributed by atoms with van der Waals surface area (Å²) < 4.78 is 3.75. The van der Waals surface area contributed by atoms with Crippen molar-refractivity contribution in [3.63, 3.8) is 0 Å². The van der Waals surface area contributed by atoms with E-state index in [1.165, 1.54) is 0 Å². The van der Waals surface area contributed by atoms with Gasteiger partial charge in [0.15, 0.2) is 0 Å². The van der Waals surface area contributed by atoms with E-state index in [4.69, 9.17) is 0 Å². The Kier molecular flexibility index (Phi) is 5.82. The smallest absolute Gasteiger partial charge is 0.408 e. The molecule has 6 heteroatoms. The first-order chi connectivity index (χ1) is 14.2. The van der Waals surface area contributed by atoms with Crippen LogP contribution >= 0.6 is 0 Å². The predicted molar refractivity (Wildman–Crippen MR) is 110 cm³/mol. The largest absolute Gasteiger partial charge is 2.00 e. The number of aryl methyl sites for hydroxylation is 1. The van der Waals surface area contributed by atoms with E-state index in [1.54, 1.807) is 17.0 Å². The first-order valence-corrected chi connectivity index (χ1v) is 9.87. The van der Waals surface area contributed by atoms with E-state index in [9.17, 15) is 4.79 Å². The molecule has 0 saturated carbocycles. The molecule has 4 aromatic rings. The molecule has 0 unspecified atom stereocenters. The normalized spacial score (nSPS) is 12.8. The van der Waals surface area contributed by atoms with Crippen LogP contribution in [-0.4, -0.2) is 24.9 Å². The summed E-state index contributed by atoms with van der Waals surface area (Å²) >= 11 is 0. The molecule has 0 radical (unpaired) electrons. The van der Waals surface area contributed by atoms with Crippen molar-refractivity contribution in [3.8, 4) is 11.6 Å². The zero-order valence-electron chi connectivity index (χ0n) is 16.5. The molecule has 0 saturated heterocycles. The molecular weight excluding hydrogens is 555 g/mol. The van der Waals surface area contributed by atoms with Gasteiger partial charge in [-0.3, -0.25) is 9.97 Å². The molecule has 0 bridgehead atoms. The summed E-state index contributed by atoms with van der Waals surface area (Å²) in [5, 5.41) is 0. The minimum absolute atomic E-state index is 0. The second kappa shape index (κ2) is 8.53. The SMILES string of the molecule is Cc1cn(-c2ccccn2)[c-]c1C(=O)c1[c-]n(-c2ccccn2)c2c1CCCC2.[Pt+2]. The minimum atomic E-state index is -0.0370. The second-order valence-corrected chi connectivity index (χ2v) is 7.33. The molecule has 4 heterocycles. The van der Waals surface area contributed by atoms with Gasteiger partial charge in [-0.25, -0.2) is 0 Å². The molecule has 0 atom stereocenters. The van der Waals surface area contributed by atoms with Gasteiger partial charge in [-0.15, -0.1) is 11.1 Å². The number of pyridine rings is 2. The van der Waals surface area contributed by atoms with Gasteiger partial charge in [0.25, 0.3) is 0 Å². The zero-order chi connectivity index (χ0) is 19.8. The van der Waals surface area contributed by atoms with Gasteiger partial charge < -0.3 is 13.9 Å². The second-order valence-electron chi connectivity index (χ2n) is 7.33. The number of ketones is 1. The first-order valence-electron chi connectivity index (χ1n) is 9.87. The molecular formula is C24H20N4OPt. The van der Waals surface area contributed by atoms with Gasteiger partial charge in [-0.05, 0) is 30.9 Å². The van der Waals surface area contributed by atoms with Crippen LogP contribution in [0, 0.1) is 19.3 Å². The van der Waals surface area contributed by atoms with Crippen LogP contribution < -0.4 is 0 Å². The van der Waals surface area contributed by atoms with E-state index in [0.717, 1.165) is 54.1 Å². The number of hydrogen-bond acceptors (Lipinski definition) is 3. The number of fused-ring (bicyclic) bond motifs is 1. The fourth-order valence-electron chi connectivity index (χ4n) is 4.00.